The summed E-state index contributed by atoms with van der Waals surface area (Å²) in [6, 6.07) is 6.32. The SMILES string of the molecule is O=C(O)CC[C@H](NC(=O)N1CCC(c2nc3ccccc3s2)CC1)C(=O)O. The highest BCUT2D eigenvalue weighted by atomic mass is 32.1. The maximum atomic E-state index is 12.3. The number of carboxylic acid groups (broad SMARTS) is 2. The molecule has 9 heteroatoms. The van der Waals surface area contributed by atoms with Crippen molar-refractivity contribution in [2.75, 3.05) is 13.1 Å². The molecule has 1 aliphatic heterocycles. The molecule has 0 radical (unpaired) electrons. The van der Waals surface area contributed by atoms with E-state index in [1.54, 1.807) is 16.2 Å². The van der Waals surface area contributed by atoms with E-state index in [4.69, 9.17) is 10.2 Å². The van der Waals surface area contributed by atoms with E-state index in [0.717, 1.165) is 28.1 Å². The van der Waals surface area contributed by atoms with Crippen molar-refractivity contribution in [1.29, 1.82) is 0 Å². The third-order valence-corrected chi connectivity index (χ3v) is 5.88. The second kappa shape index (κ2) is 8.34. The molecule has 1 fully saturated rings. The molecule has 0 unspecified atom stereocenters. The van der Waals surface area contributed by atoms with Crippen LogP contribution in [0.5, 0.6) is 0 Å². The lowest BCUT2D eigenvalue weighted by Crippen LogP contribution is -2.50. The van der Waals surface area contributed by atoms with E-state index in [2.05, 4.69) is 10.3 Å². The van der Waals surface area contributed by atoms with Crippen molar-refractivity contribution in [1.82, 2.24) is 15.2 Å². The van der Waals surface area contributed by atoms with Crippen molar-refractivity contribution in [3.05, 3.63) is 29.3 Å². The average Bonchev–Trinajstić information content (AvgIpc) is 3.09. The van der Waals surface area contributed by atoms with Gasteiger partial charge in [0.25, 0.3) is 0 Å². The number of amides is 2. The van der Waals surface area contributed by atoms with Crippen LogP contribution in [0, 0.1) is 0 Å². The molecule has 2 aromatic rings. The second-order valence-corrected chi connectivity index (χ2v) is 7.62. The lowest BCUT2D eigenvalue weighted by Gasteiger charge is -2.32. The molecule has 0 bridgehead atoms. The summed E-state index contributed by atoms with van der Waals surface area (Å²) >= 11 is 1.67. The zero-order valence-corrected chi connectivity index (χ0v) is 15.4. The quantitative estimate of drug-likeness (QED) is 0.696. The number of fused-ring (bicyclic) bond motifs is 1. The number of urea groups is 1. The summed E-state index contributed by atoms with van der Waals surface area (Å²) in [6.07, 6.45) is 1.08. The number of nitrogens with zero attached hydrogens (tertiary/aromatic N) is 2. The Balaban J connectivity index is 1.55. The van der Waals surface area contributed by atoms with Crippen molar-refractivity contribution >= 4 is 39.5 Å². The molecule has 0 saturated carbocycles. The molecular weight excluding hydrogens is 370 g/mol. The fourth-order valence-electron chi connectivity index (χ4n) is 3.16. The molecule has 0 aliphatic carbocycles. The highest BCUT2D eigenvalue weighted by Crippen LogP contribution is 2.33. The van der Waals surface area contributed by atoms with Gasteiger partial charge in [-0.1, -0.05) is 12.1 Å². The largest absolute Gasteiger partial charge is 0.481 e. The number of carbonyl (C=O) groups excluding carboxylic acids is 1. The molecule has 27 heavy (non-hydrogen) atoms. The van der Waals surface area contributed by atoms with Crippen LogP contribution < -0.4 is 5.32 Å². The fraction of sp³-hybridized carbons (Fsp3) is 0.444. The van der Waals surface area contributed by atoms with E-state index in [0.29, 0.717) is 13.1 Å². The zero-order chi connectivity index (χ0) is 19.4. The van der Waals surface area contributed by atoms with Crippen molar-refractivity contribution in [2.24, 2.45) is 0 Å². The third kappa shape index (κ3) is 4.73. The predicted molar refractivity (Wildman–Crippen MR) is 100.0 cm³/mol. The summed E-state index contributed by atoms with van der Waals surface area (Å²) in [6.45, 7) is 1.02. The Morgan fingerprint density at radius 1 is 1.22 bits per heavy atom. The number of aromatic nitrogens is 1. The molecule has 8 nitrogen and oxygen atoms in total. The fourth-order valence-corrected chi connectivity index (χ4v) is 4.30. The number of carboxylic acids is 2. The first-order valence-corrected chi connectivity index (χ1v) is 9.61. The number of rotatable bonds is 6. The summed E-state index contributed by atoms with van der Waals surface area (Å²) in [4.78, 5) is 40.4. The van der Waals surface area contributed by atoms with E-state index < -0.39 is 24.0 Å². The third-order valence-electron chi connectivity index (χ3n) is 4.68. The van der Waals surface area contributed by atoms with E-state index in [1.807, 2.05) is 24.3 Å². The van der Waals surface area contributed by atoms with E-state index in [9.17, 15) is 14.4 Å². The Morgan fingerprint density at radius 2 is 1.93 bits per heavy atom. The van der Waals surface area contributed by atoms with Gasteiger partial charge in [0.05, 0.1) is 15.2 Å². The van der Waals surface area contributed by atoms with Crippen LogP contribution in [0.25, 0.3) is 10.2 Å². The number of hydrogen-bond acceptors (Lipinski definition) is 5. The Labute approximate surface area is 159 Å². The number of hydrogen-bond donors (Lipinski definition) is 3. The van der Waals surface area contributed by atoms with Gasteiger partial charge < -0.3 is 20.4 Å². The lowest BCUT2D eigenvalue weighted by molar-refractivity contribution is -0.140. The maximum absolute atomic E-state index is 12.3. The number of piperidine rings is 1. The number of likely N-dealkylation sites (tertiary alicyclic amines) is 1. The molecule has 0 spiro atoms. The average molecular weight is 391 g/mol. The number of para-hydroxylation sites is 1. The molecule has 1 aliphatic rings. The van der Waals surface area contributed by atoms with Gasteiger partial charge in [0.1, 0.15) is 6.04 Å². The van der Waals surface area contributed by atoms with Crippen molar-refractivity contribution in [3.8, 4) is 0 Å². The normalized spacial score (nSPS) is 16.2. The molecule has 144 valence electrons. The minimum absolute atomic E-state index is 0.140. The molecule has 1 aromatic carbocycles. The van der Waals surface area contributed by atoms with Gasteiger partial charge in [-0.05, 0) is 31.4 Å². The van der Waals surface area contributed by atoms with E-state index in [-0.39, 0.29) is 18.8 Å². The van der Waals surface area contributed by atoms with Crippen LogP contribution in [-0.4, -0.2) is 57.2 Å². The van der Waals surface area contributed by atoms with Crippen LogP contribution in [0.3, 0.4) is 0 Å². The first-order valence-electron chi connectivity index (χ1n) is 8.79. The van der Waals surface area contributed by atoms with Crippen LogP contribution in [0.1, 0.15) is 36.6 Å². The Kier molecular flexibility index (Phi) is 5.90. The monoisotopic (exact) mass is 391 g/mol. The molecule has 3 rings (SSSR count). The summed E-state index contributed by atoms with van der Waals surface area (Å²) in [7, 11) is 0. The summed E-state index contributed by atoms with van der Waals surface area (Å²) in [5.41, 5.74) is 0.986. The minimum atomic E-state index is -1.23. The van der Waals surface area contributed by atoms with Gasteiger partial charge in [-0.3, -0.25) is 4.79 Å². The van der Waals surface area contributed by atoms with Crippen LogP contribution in [0.15, 0.2) is 24.3 Å². The molecule has 1 atom stereocenters. The van der Waals surface area contributed by atoms with Gasteiger partial charge in [-0.25, -0.2) is 14.6 Å². The Morgan fingerprint density at radius 3 is 2.56 bits per heavy atom. The Hall–Kier alpha value is -2.68. The van der Waals surface area contributed by atoms with Crippen molar-refractivity contribution < 1.29 is 24.6 Å². The van der Waals surface area contributed by atoms with E-state index in [1.165, 1.54) is 0 Å². The zero-order valence-electron chi connectivity index (χ0n) is 14.6. The first kappa shape index (κ1) is 19.1. The molecule has 1 aromatic heterocycles. The van der Waals surface area contributed by atoms with Gasteiger partial charge in [-0.15, -0.1) is 11.3 Å². The Bertz CT molecular complexity index is 811. The van der Waals surface area contributed by atoms with Crippen molar-refractivity contribution in [3.63, 3.8) is 0 Å². The van der Waals surface area contributed by atoms with Crippen LogP contribution in [-0.2, 0) is 9.59 Å². The highest BCUT2D eigenvalue weighted by Gasteiger charge is 2.28. The van der Waals surface area contributed by atoms with Crippen LogP contribution >= 0.6 is 11.3 Å². The predicted octanol–water partition coefficient (Wildman–Crippen LogP) is 2.50. The number of carbonyl (C=O) groups is 3. The summed E-state index contributed by atoms with van der Waals surface area (Å²) < 4.78 is 1.15. The second-order valence-electron chi connectivity index (χ2n) is 6.55. The molecule has 2 heterocycles. The summed E-state index contributed by atoms with van der Waals surface area (Å²) in [5, 5.41) is 21.4. The van der Waals surface area contributed by atoms with E-state index >= 15 is 0 Å². The van der Waals surface area contributed by atoms with Crippen LogP contribution in [0.4, 0.5) is 4.79 Å². The standard InChI is InChI=1S/C18H21N3O5S/c22-15(23)6-5-13(17(24)25)20-18(26)21-9-7-11(8-10-21)16-19-12-3-1-2-4-14(12)27-16/h1-4,11,13H,5-10H2,(H,20,26)(H,22,23)(H,24,25)/t13-/m0/s1. The number of benzene rings is 1. The highest BCUT2D eigenvalue weighted by molar-refractivity contribution is 7.18. The maximum Gasteiger partial charge on any atom is 0.326 e. The summed E-state index contributed by atoms with van der Waals surface area (Å²) in [5.74, 6) is -2.03. The van der Waals surface area contributed by atoms with Gasteiger partial charge in [-0.2, -0.15) is 0 Å². The topological polar surface area (TPSA) is 120 Å². The van der Waals surface area contributed by atoms with Gasteiger partial charge in [0.15, 0.2) is 0 Å². The number of aliphatic carboxylic acids is 2. The molecule has 1 saturated heterocycles. The van der Waals surface area contributed by atoms with Gasteiger partial charge >= 0.3 is 18.0 Å². The van der Waals surface area contributed by atoms with Gasteiger partial charge in [0.2, 0.25) is 0 Å². The van der Waals surface area contributed by atoms with Crippen molar-refractivity contribution in [2.45, 2.75) is 37.6 Å². The molecule has 3 N–H and O–H groups in total. The number of thiazole rings is 1. The van der Waals surface area contributed by atoms with Gasteiger partial charge in [0, 0.05) is 25.4 Å². The smallest absolute Gasteiger partial charge is 0.326 e. The lowest BCUT2D eigenvalue weighted by atomic mass is 9.98. The van der Waals surface area contributed by atoms with Crippen LogP contribution in [0.2, 0.25) is 0 Å². The number of nitrogens with one attached hydrogen (secondary N) is 1. The minimum Gasteiger partial charge on any atom is -0.481 e. The molecule has 2 amide bonds. The first-order chi connectivity index (χ1) is 12.9. The molecular formula is C18H21N3O5S.